The van der Waals surface area contributed by atoms with Crippen molar-refractivity contribution in [1.29, 1.82) is 0 Å². The second-order valence-corrected chi connectivity index (χ2v) is 5.20. The summed E-state index contributed by atoms with van der Waals surface area (Å²) in [6, 6.07) is 2.86. The van der Waals surface area contributed by atoms with E-state index in [1.165, 1.54) is 12.1 Å². The number of rotatable bonds is 5. The first-order chi connectivity index (χ1) is 10.0. The summed E-state index contributed by atoms with van der Waals surface area (Å²) in [6.45, 7) is 2.21. The number of halogens is 3. The molecule has 1 aromatic carbocycles. The number of carbonyl (C=O) groups is 1. The highest BCUT2D eigenvalue weighted by Gasteiger charge is 2.31. The van der Waals surface area contributed by atoms with Gasteiger partial charge in [-0.15, -0.1) is 12.4 Å². The number of benzene rings is 1. The van der Waals surface area contributed by atoms with Crippen LogP contribution in [0.25, 0.3) is 0 Å². The van der Waals surface area contributed by atoms with Crippen molar-refractivity contribution in [3.63, 3.8) is 0 Å². The molecule has 0 spiro atoms. The van der Waals surface area contributed by atoms with Crippen LogP contribution in [0.2, 0.25) is 0 Å². The number of ether oxygens (including phenoxy) is 1. The number of hydrogen-bond donors (Lipinski definition) is 2. The van der Waals surface area contributed by atoms with E-state index < -0.39 is 23.8 Å². The minimum atomic E-state index is -0.658. The summed E-state index contributed by atoms with van der Waals surface area (Å²) >= 11 is 0. The average Bonchev–Trinajstić information content (AvgIpc) is 2.94. The molecule has 22 heavy (non-hydrogen) atoms. The lowest BCUT2D eigenvalue weighted by atomic mass is 10.0. The molecule has 0 saturated carbocycles. The molecule has 1 saturated heterocycles. The number of nitrogens with one attached hydrogen (secondary N) is 1. The minimum absolute atomic E-state index is 0. The second kappa shape index (κ2) is 8.41. The zero-order valence-corrected chi connectivity index (χ0v) is 13.2. The van der Waals surface area contributed by atoms with E-state index in [0.29, 0.717) is 19.4 Å². The van der Waals surface area contributed by atoms with E-state index in [4.69, 9.17) is 10.5 Å². The zero-order valence-electron chi connectivity index (χ0n) is 12.4. The van der Waals surface area contributed by atoms with E-state index in [2.05, 4.69) is 5.32 Å². The molecule has 2 rings (SSSR count). The molecule has 1 aliphatic rings. The molecule has 0 bridgehead atoms. The van der Waals surface area contributed by atoms with Crippen LogP contribution in [0.4, 0.5) is 8.78 Å². The Morgan fingerprint density at radius 3 is 2.73 bits per heavy atom. The van der Waals surface area contributed by atoms with Gasteiger partial charge in [0.2, 0.25) is 5.91 Å². The lowest BCUT2D eigenvalue weighted by molar-refractivity contribution is -0.132. The molecular weight excluding hydrogens is 314 g/mol. The fraction of sp³-hybridized carbons (Fsp3) is 0.533. The molecule has 3 N–H and O–H groups in total. The third kappa shape index (κ3) is 4.38. The third-order valence-corrected chi connectivity index (χ3v) is 3.73. The van der Waals surface area contributed by atoms with E-state index >= 15 is 0 Å². The number of hydrogen-bond acceptors (Lipinski definition) is 3. The molecular formula is C15H21ClF2N2O2. The van der Waals surface area contributed by atoms with Gasteiger partial charge >= 0.3 is 0 Å². The minimum Gasteiger partial charge on any atom is -0.364 e. The summed E-state index contributed by atoms with van der Waals surface area (Å²) in [5, 5.41) is 2.76. The number of amides is 1. The van der Waals surface area contributed by atoms with Crippen LogP contribution in [0.5, 0.6) is 0 Å². The Bertz CT molecular complexity index is 516. The molecule has 1 amide bonds. The first-order valence-electron chi connectivity index (χ1n) is 7.16. The first-order valence-corrected chi connectivity index (χ1v) is 7.16. The fourth-order valence-corrected chi connectivity index (χ4v) is 2.52. The lowest BCUT2D eigenvalue weighted by Gasteiger charge is -2.20. The smallest absolute Gasteiger partial charge is 0.249 e. The molecule has 0 aliphatic carbocycles. The predicted molar refractivity (Wildman–Crippen MR) is 81.7 cm³/mol. The highest BCUT2D eigenvalue weighted by Crippen LogP contribution is 2.23. The van der Waals surface area contributed by atoms with Gasteiger partial charge in [0, 0.05) is 18.2 Å². The highest BCUT2D eigenvalue weighted by atomic mass is 35.5. The molecule has 7 heteroatoms. The molecule has 1 unspecified atom stereocenters. The van der Waals surface area contributed by atoms with Gasteiger partial charge in [-0.1, -0.05) is 13.0 Å². The predicted octanol–water partition coefficient (Wildman–Crippen LogP) is 2.46. The molecule has 1 fully saturated rings. The van der Waals surface area contributed by atoms with Gasteiger partial charge < -0.3 is 15.8 Å². The van der Waals surface area contributed by atoms with Crippen LogP contribution in [-0.4, -0.2) is 24.7 Å². The Morgan fingerprint density at radius 1 is 1.45 bits per heavy atom. The van der Waals surface area contributed by atoms with Crippen LogP contribution >= 0.6 is 12.4 Å². The van der Waals surface area contributed by atoms with Crippen molar-refractivity contribution in [2.24, 2.45) is 5.73 Å². The Morgan fingerprint density at radius 2 is 2.18 bits per heavy atom. The van der Waals surface area contributed by atoms with Gasteiger partial charge in [-0.25, -0.2) is 8.78 Å². The van der Waals surface area contributed by atoms with Gasteiger partial charge in [-0.3, -0.25) is 4.79 Å². The quantitative estimate of drug-likeness (QED) is 0.869. The average molecular weight is 335 g/mol. The summed E-state index contributed by atoms with van der Waals surface area (Å²) in [7, 11) is 0. The standard InChI is InChI=1S/C15H20F2N2O2.ClH/c1-2-13(11-5-3-9(16)7-12(11)17)19-15(20)14-6-4-10(8-18)21-14;/h3,5,7,10,13-14H,2,4,6,8,18H2,1H3,(H,19,20);1H/t10-,13?,14+;/m1./s1. The summed E-state index contributed by atoms with van der Waals surface area (Å²) < 4.78 is 32.3. The van der Waals surface area contributed by atoms with Crippen molar-refractivity contribution in [1.82, 2.24) is 5.32 Å². The molecule has 0 aromatic heterocycles. The van der Waals surface area contributed by atoms with E-state index in [1.54, 1.807) is 0 Å². The van der Waals surface area contributed by atoms with Gasteiger partial charge in [0.25, 0.3) is 0 Å². The van der Waals surface area contributed by atoms with Crippen molar-refractivity contribution < 1.29 is 18.3 Å². The maximum absolute atomic E-state index is 13.8. The van der Waals surface area contributed by atoms with Crippen LogP contribution in [0.1, 0.15) is 37.8 Å². The van der Waals surface area contributed by atoms with Gasteiger partial charge in [0.05, 0.1) is 12.1 Å². The van der Waals surface area contributed by atoms with Crippen molar-refractivity contribution >= 4 is 18.3 Å². The Hall–Kier alpha value is -1.24. The van der Waals surface area contributed by atoms with Crippen LogP contribution in [0, 0.1) is 11.6 Å². The van der Waals surface area contributed by atoms with Crippen molar-refractivity contribution in [2.75, 3.05) is 6.54 Å². The zero-order chi connectivity index (χ0) is 15.4. The summed E-state index contributed by atoms with van der Waals surface area (Å²) in [5.74, 6) is -1.57. The molecule has 4 nitrogen and oxygen atoms in total. The van der Waals surface area contributed by atoms with Gasteiger partial charge in [-0.05, 0) is 25.3 Å². The van der Waals surface area contributed by atoms with Crippen molar-refractivity contribution in [2.45, 2.75) is 44.4 Å². The maximum Gasteiger partial charge on any atom is 0.249 e. The Labute approximate surface area is 134 Å². The normalized spacial score (nSPS) is 22.0. The fourth-order valence-electron chi connectivity index (χ4n) is 2.52. The third-order valence-electron chi connectivity index (χ3n) is 3.73. The summed E-state index contributed by atoms with van der Waals surface area (Å²) in [6.07, 6.45) is 1.22. The highest BCUT2D eigenvalue weighted by molar-refractivity contribution is 5.85. The topological polar surface area (TPSA) is 64.4 Å². The first kappa shape index (κ1) is 18.8. The maximum atomic E-state index is 13.8. The van der Waals surface area contributed by atoms with E-state index in [0.717, 1.165) is 12.5 Å². The van der Waals surface area contributed by atoms with E-state index in [-0.39, 0.29) is 30.0 Å². The van der Waals surface area contributed by atoms with E-state index in [1.807, 2.05) is 6.92 Å². The molecule has 1 aromatic rings. The summed E-state index contributed by atoms with van der Waals surface area (Å²) in [5.41, 5.74) is 5.79. The van der Waals surface area contributed by atoms with Gasteiger partial charge in [0.15, 0.2) is 0 Å². The molecule has 1 heterocycles. The van der Waals surface area contributed by atoms with Crippen LogP contribution in [-0.2, 0) is 9.53 Å². The van der Waals surface area contributed by atoms with Crippen molar-refractivity contribution in [3.8, 4) is 0 Å². The van der Waals surface area contributed by atoms with Gasteiger partial charge in [-0.2, -0.15) is 0 Å². The van der Waals surface area contributed by atoms with Crippen molar-refractivity contribution in [3.05, 3.63) is 35.4 Å². The van der Waals surface area contributed by atoms with Crippen LogP contribution in [0.3, 0.4) is 0 Å². The molecule has 0 radical (unpaired) electrons. The number of nitrogens with two attached hydrogens (primary N) is 1. The monoisotopic (exact) mass is 334 g/mol. The molecule has 1 aliphatic heterocycles. The largest absolute Gasteiger partial charge is 0.364 e. The second-order valence-electron chi connectivity index (χ2n) is 5.20. The van der Waals surface area contributed by atoms with Crippen LogP contribution < -0.4 is 11.1 Å². The molecule has 124 valence electrons. The lowest BCUT2D eigenvalue weighted by Crippen LogP contribution is -2.38. The van der Waals surface area contributed by atoms with E-state index in [9.17, 15) is 13.6 Å². The van der Waals surface area contributed by atoms with Crippen LogP contribution in [0.15, 0.2) is 18.2 Å². The number of carbonyl (C=O) groups excluding carboxylic acids is 1. The molecule has 3 atom stereocenters. The van der Waals surface area contributed by atoms with Gasteiger partial charge in [0.1, 0.15) is 17.7 Å². The Kier molecular flexibility index (Phi) is 7.19. The summed E-state index contributed by atoms with van der Waals surface area (Å²) in [4.78, 5) is 12.2. The Balaban J connectivity index is 0.00000242. The SMILES string of the molecule is CCC(NC(=O)[C@@H]1CC[C@H](CN)O1)c1ccc(F)cc1F.Cl.